The van der Waals surface area contributed by atoms with Crippen molar-refractivity contribution in [1.82, 2.24) is 5.32 Å². The number of rotatable bonds is 4. The fourth-order valence-electron chi connectivity index (χ4n) is 3.20. The van der Waals surface area contributed by atoms with E-state index >= 15 is 0 Å². The minimum absolute atomic E-state index is 0.793. The zero-order valence-corrected chi connectivity index (χ0v) is 14.3. The number of nitrogens with zero attached hydrogens (tertiary/aromatic N) is 1. The summed E-state index contributed by atoms with van der Waals surface area (Å²) in [7, 11) is 7.51. The lowest BCUT2D eigenvalue weighted by Crippen LogP contribution is -2.24. The molecule has 0 amide bonds. The Morgan fingerprint density at radius 2 is 1.78 bits per heavy atom. The number of benzene rings is 2. The van der Waals surface area contributed by atoms with Crippen LogP contribution in [0, 0.1) is 0 Å². The first-order chi connectivity index (χ1) is 11.2. The maximum Gasteiger partial charge on any atom is 0.168 e. The van der Waals surface area contributed by atoms with Crippen LogP contribution in [0.15, 0.2) is 30.3 Å². The van der Waals surface area contributed by atoms with Gasteiger partial charge in [0.2, 0.25) is 0 Å². The highest BCUT2D eigenvalue weighted by molar-refractivity contribution is 5.80. The molecule has 0 saturated heterocycles. The number of ether oxygens (including phenoxy) is 2. The molecule has 4 heteroatoms. The van der Waals surface area contributed by atoms with Crippen LogP contribution in [0.2, 0.25) is 0 Å². The molecule has 1 aliphatic heterocycles. The Labute approximate surface area is 138 Å². The first kappa shape index (κ1) is 15.7. The molecular formula is C19H24N2O2. The quantitative estimate of drug-likeness (QED) is 0.941. The van der Waals surface area contributed by atoms with Crippen LogP contribution in [0.3, 0.4) is 0 Å². The van der Waals surface area contributed by atoms with Crippen molar-refractivity contribution in [3.05, 3.63) is 41.5 Å². The van der Waals surface area contributed by atoms with Crippen LogP contribution >= 0.6 is 0 Å². The van der Waals surface area contributed by atoms with Gasteiger partial charge in [-0.05, 0) is 47.9 Å². The molecule has 0 spiro atoms. The summed E-state index contributed by atoms with van der Waals surface area (Å²) in [6.45, 7) is 1.86. The number of hydrogen-bond donors (Lipinski definition) is 1. The molecule has 4 nitrogen and oxygen atoms in total. The van der Waals surface area contributed by atoms with Gasteiger partial charge < -0.3 is 19.7 Å². The van der Waals surface area contributed by atoms with E-state index in [2.05, 4.69) is 54.6 Å². The predicted molar refractivity (Wildman–Crippen MR) is 94.7 cm³/mol. The van der Waals surface area contributed by atoms with Gasteiger partial charge in [-0.1, -0.05) is 12.1 Å². The minimum atomic E-state index is 0.793. The van der Waals surface area contributed by atoms with Gasteiger partial charge in [0.1, 0.15) is 0 Å². The van der Waals surface area contributed by atoms with Crippen LogP contribution in [0.5, 0.6) is 11.5 Å². The summed E-state index contributed by atoms with van der Waals surface area (Å²) in [6, 6.07) is 10.7. The van der Waals surface area contributed by atoms with Gasteiger partial charge in [0.05, 0.1) is 14.2 Å². The number of nitrogens with one attached hydrogen (secondary N) is 1. The second kappa shape index (κ2) is 6.50. The first-order valence-electron chi connectivity index (χ1n) is 7.91. The third-order valence-corrected chi connectivity index (χ3v) is 4.41. The molecule has 1 N–H and O–H groups in total. The Bertz CT molecular complexity index is 679. The highest BCUT2D eigenvalue weighted by atomic mass is 16.5. The molecule has 1 aliphatic rings. The second-order valence-corrected chi connectivity index (χ2v) is 5.99. The molecule has 2 aromatic carbocycles. The molecule has 0 saturated carbocycles. The molecule has 23 heavy (non-hydrogen) atoms. The van der Waals surface area contributed by atoms with E-state index in [0.29, 0.717) is 0 Å². The third kappa shape index (κ3) is 2.86. The molecule has 0 aliphatic carbocycles. The number of fused-ring (bicyclic) bond motifs is 1. The molecule has 3 rings (SSSR count). The lowest BCUT2D eigenvalue weighted by Gasteiger charge is -2.25. The van der Waals surface area contributed by atoms with E-state index in [-0.39, 0.29) is 0 Å². The fourth-order valence-corrected chi connectivity index (χ4v) is 3.20. The van der Waals surface area contributed by atoms with E-state index in [0.717, 1.165) is 36.6 Å². The average Bonchev–Trinajstić information content (AvgIpc) is 2.59. The third-order valence-electron chi connectivity index (χ3n) is 4.41. The van der Waals surface area contributed by atoms with Crippen LogP contribution in [0.4, 0.5) is 5.69 Å². The topological polar surface area (TPSA) is 33.7 Å². The fraction of sp³-hybridized carbons (Fsp3) is 0.368. The van der Waals surface area contributed by atoms with Gasteiger partial charge in [0.25, 0.3) is 0 Å². The van der Waals surface area contributed by atoms with Crippen molar-refractivity contribution in [2.45, 2.75) is 13.0 Å². The van der Waals surface area contributed by atoms with Crippen LogP contribution < -0.4 is 19.7 Å². The Morgan fingerprint density at radius 1 is 1.04 bits per heavy atom. The average molecular weight is 312 g/mol. The highest BCUT2D eigenvalue weighted by Gasteiger charge is 2.22. The SMILES string of the molecule is COc1cc2c(c(-c3ccc(N(C)C)cc3)c1OC)CCNC2. The van der Waals surface area contributed by atoms with E-state index in [1.165, 1.54) is 22.4 Å². The van der Waals surface area contributed by atoms with Gasteiger partial charge in [-0.25, -0.2) is 0 Å². The predicted octanol–water partition coefficient (Wildman–Crippen LogP) is 3.08. The number of anilines is 1. The van der Waals surface area contributed by atoms with E-state index in [1.807, 2.05) is 0 Å². The van der Waals surface area contributed by atoms with Crippen molar-refractivity contribution in [2.75, 3.05) is 39.8 Å². The summed E-state index contributed by atoms with van der Waals surface area (Å²) in [5.41, 5.74) is 6.17. The molecular weight excluding hydrogens is 288 g/mol. The maximum absolute atomic E-state index is 5.71. The smallest absolute Gasteiger partial charge is 0.168 e. The van der Waals surface area contributed by atoms with Crippen LogP contribution in [-0.2, 0) is 13.0 Å². The van der Waals surface area contributed by atoms with Crippen LogP contribution in [-0.4, -0.2) is 34.9 Å². The molecule has 0 bridgehead atoms. The zero-order chi connectivity index (χ0) is 16.4. The molecule has 0 fully saturated rings. The molecule has 0 aromatic heterocycles. The monoisotopic (exact) mass is 312 g/mol. The summed E-state index contributed by atoms with van der Waals surface area (Å²) >= 11 is 0. The molecule has 1 heterocycles. The lowest BCUT2D eigenvalue weighted by atomic mass is 9.90. The highest BCUT2D eigenvalue weighted by Crippen LogP contribution is 2.43. The van der Waals surface area contributed by atoms with Gasteiger partial charge in [-0.2, -0.15) is 0 Å². The second-order valence-electron chi connectivity index (χ2n) is 5.99. The van der Waals surface area contributed by atoms with Crippen molar-refractivity contribution in [1.29, 1.82) is 0 Å². The van der Waals surface area contributed by atoms with Crippen molar-refractivity contribution in [3.63, 3.8) is 0 Å². The summed E-state index contributed by atoms with van der Waals surface area (Å²) in [5.74, 6) is 1.62. The summed E-state index contributed by atoms with van der Waals surface area (Å²) < 4.78 is 11.3. The standard InChI is InChI=1S/C19H24N2O2/c1-21(2)15-7-5-13(6-8-15)18-16-9-10-20-12-14(16)11-17(22-3)19(18)23-4/h5-8,11,20H,9-10,12H2,1-4H3. The maximum atomic E-state index is 5.71. The molecule has 0 radical (unpaired) electrons. The van der Waals surface area contributed by atoms with Crippen molar-refractivity contribution in [3.8, 4) is 22.6 Å². The van der Waals surface area contributed by atoms with Crippen molar-refractivity contribution >= 4 is 5.69 Å². The summed E-state index contributed by atoms with van der Waals surface area (Å²) in [4.78, 5) is 2.10. The van der Waals surface area contributed by atoms with Gasteiger partial charge in [0, 0.05) is 31.9 Å². The van der Waals surface area contributed by atoms with Crippen LogP contribution in [0.1, 0.15) is 11.1 Å². The van der Waals surface area contributed by atoms with Gasteiger partial charge in [-0.3, -0.25) is 0 Å². The molecule has 122 valence electrons. The van der Waals surface area contributed by atoms with Gasteiger partial charge in [-0.15, -0.1) is 0 Å². The Morgan fingerprint density at radius 3 is 2.39 bits per heavy atom. The van der Waals surface area contributed by atoms with Gasteiger partial charge in [0.15, 0.2) is 11.5 Å². The normalized spacial score (nSPS) is 13.4. The van der Waals surface area contributed by atoms with E-state index in [9.17, 15) is 0 Å². The zero-order valence-electron chi connectivity index (χ0n) is 14.3. The summed E-state index contributed by atoms with van der Waals surface area (Å²) in [6.07, 6.45) is 1.00. The van der Waals surface area contributed by atoms with Crippen molar-refractivity contribution < 1.29 is 9.47 Å². The molecule has 2 aromatic rings. The van der Waals surface area contributed by atoms with Crippen molar-refractivity contribution in [2.24, 2.45) is 0 Å². The van der Waals surface area contributed by atoms with Gasteiger partial charge >= 0.3 is 0 Å². The number of methoxy groups -OCH3 is 2. The Balaban J connectivity index is 2.19. The number of hydrogen-bond acceptors (Lipinski definition) is 4. The van der Waals surface area contributed by atoms with E-state index < -0.39 is 0 Å². The minimum Gasteiger partial charge on any atom is -0.493 e. The largest absolute Gasteiger partial charge is 0.493 e. The summed E-state index contributed by atoms with van der Waals surface area (Å²) in [5, 5.41) is 3.43. The molecule has 0 atom stereocenters. The Hall–Kier alpha value is -2.20. The molecule has 0 unspecified atom stereocenters. The van der Waals surface area contributed by atoms with E-state index in [1.54, 1.807) is 14.2 Å². The first-order valence-corrected chi connectivity index (χ1v) is 7.91. The van der Waals surface area contributed by atoms with Crippen LogP contribution in [0.25, 0.3) is 11.1 Å². The van der Waals surface area contributed by atoms with E-state index in [4.69, 9.17) is 9.47 Å². The Kier molecular flexibility index (Phi) is 4.44. The lowest BCUT2D eigenvalue weighted by molar-refractivity contribution is 0.354.